The molecule has 0 aliphatic heterocycles. The van der Waals surface area contributed by atoms with E-state index in [-0.39, 0.29) is 22.6 Å². The highest BCUT2D eigenvalue weighted by molar-refractivity contribution is 7.15. The first-order valence-electron chi connectivity index (χ1n) is 8.58. The van der Waals surface area contributed by atoms with Crippen LogP contribution in [0.4, 0.5) is 11.4 Å². The predicted molar refractivity (Wildman–Crippen MR) is 101 cm³/mol. The highest BCUT2D eigenvalue weighted by Gasteiger charge is 2.21. The largest absolute Gasteiger partial charge is 0.477 e. The molecule has 3 N–H and O–H groups in total. The molecule has 1 aromatic carbocycles. The van der Waals surface area contributed by atoms with Gasteiger partial charge in [0.05, 0.1) is 4.88 Å². The molecule has 0 atom stereocenters. The number of amides is 2. The number of anilines is 2. The number of carboxylic acids is 1. The number of thiophene rings is 1. The van der Waals surface area contributed by atoms with Crippen molar-refractivity contribution in [2.75, 3.05) is 10.6 Å². The third kappa shape index (κ3) is 4.49. The van der Waals surface area contributed by atoms with Crippen molar-refractivity contribution in [1.29, 1.82) is 0 Å². The monoisotopic (exact) mass is 372 g/mol. The Bertz CT molecular complexity index is 824. The Kier molecular flexibility index (Phi) is 5.68. The number of carbonyl (C=O) groups excluding carboxylic acids is 2. The molecule has 0 saturated heterocycles. The summed E-state index contributed by atoms with van der Waals surface area (Å²) in [6.45, 7) is 0. The number of carboxylic acid groups (broad SMARTS) is 1. The van der Waals surface area contributed by atoms with Crippen LogP contribution in [0, 0.1) is 5.92 Å². The van der Waals surface area contributed by atoms with Gasteiger partial charge in [0.25, 0.3) is 5.91 Å². The summed E-state index contributed by atoms with van der Waals surface area (Å²) in [5.41, 5.74) is 1.18. The summed E-state index contributed by atoms with van der Waals surface area (Å²) < 4.78 is 0. The Morgan fingerprint density at radius 1 is 0.923 bits per heavy atom. The molecule has 0 bridgehead atoms. The number of carbonyl (C=O) groups is 3. The van der Waals surface area contributed by atoms with E-state index >= 15 is 0 Å². The summed E-state index contributed by atoms with van der Waals surface area (Å²) in [7, 11) is 0. The minimum atomic E-state index is -1.05. The summed E-state index contributed by atoms with van der Waals surface area (Å²) in [5, 5.41) is 14.6. The first-order valence-corrected chi connectivity index (χ1v) is 9.40. The maximum absolute atomic E-state index is 12.3. The minimum absolute atomic E-state index is 0.0255. The molecule has 6 nitrogen and oxygen atoms in total. The van der Waals surface area contributed by atoms with Crippen molar-refractivity contribution in [3.63, 3.8) is 0 Å². The van der Waals surface area contributed by atoms with Crippen LogP contribution < -0.4 is 10.6 Å². The van der Waals surface area contributed by atoms with Gasteiger partial charge in [0, 0.05) is 17.3 Å². The quantitative estimate of drug-likeness (QED) is 0.732. The molecule has 26 heavy (non-hydrogen) atoms. The van der Waals surface area contributed by atoms with Crippen LogP contribution in [0.25, 0.3) is 0 Å². The smallest absolute Gasteiger partial charge is 0.345 e. The Balaban J connectivity index is 1.63. The first-order chi connectivity index (χ1) is 12.5. The van der Waals surface area contributed by atoms with Gasteiger partial charge in [-0.3, -0.25) is 9.59 Å². The molecule has 0 unspecified atom stereocenters. The average molecular weight is 372 g/mol. The van der Waals surface area contributed by atoms with E-state index in [9.17, 15) is 14.4 Å². The van der Waals surface area contributed by atoms with Crippen molar-refractivity contribution < 1.29 is 19.5 Å². The van der Waals surface area contributed by atoms with E-state index in [2.05, 4.69) is 10.6 Å². The minimum Gasteiger partial charge on any atom is -0.477 e. The zero-order chi connectivity index (χ0) is 18.5. The lowest BCUT2D eigenvalue weighted by molar-refractivity contribution is -0.120. The van der Waals surface area contributed by atoms with E-state index < -0.39 is 5.97 Å². The Hall–Kier alpha value is -2.67. The van der Waals surface area contributed by atoms with Gasteiger partial charge in [-0.15, -0.1) is 11.3 Å². The summed E-state index contributed by atoms with van der Waals surface area (Å²) >= 11 is 0.921. The summed E-state index contributed by atoms with van der Waals surface area (Å²) in [4.78, 5) is 35.9. The molecule has 1 saturated carbocycles. The Morgan fingerprint density at radius 3 is 2.23 bits per heavy atom. The van der Waals surface area contributed by atoms with E-state index in [1.165, 1.54) is 18.6 Å². The summed E-state index contributed by atoms with van der Waals surface area (Å²) in [5.74, 6) is -1.35. The molecule has 0 radical (unpaired) electrons. The molecule has 7 heteroatoms. The first kappa shape index (κ1) is 18.1. The third-order valence-corrected chi connectivity index (χ3v) is 5.48. The van der Waals surface area contributed by atoms with Gasteiger partial charge in [-0.1, -0.05) is 25.3 Å². The highest BCUT2D eigenvalue weighted by Crippen LogP contribution is 2.26. The Labute approximate surface area is 155 Å². The fourth-order valence-corrected chi connectivity index (χ4v) is 3.79. The third-order valence-electron chi connectivity index (χ3n) is 4.40. The summed E-state index contributed by atoms with van der Waals surface area (Å²) in [6.07, 6.45) is 5.22. The molecule has 2 aromatic rings. The number of hydrogen-bond acceptors (Lipinski definition) is 4. The van der Waals surface area contributed by atoms with Crippen LogP contribution in [0.1, 0.15) is 51.4 Å². The van der Waals surface area contributed by atoms with Gasteiger partial charge in [0.2, 0.25) is 5.91 Å². The van der Waals surface area contributed by atoms with Gasteiger partial charge >= 0.3 is 5.97 Å². The van der Waals surface area contributed by atoms with Crippen molar-refractivity contribution in [3.05, 3.63) is 46.2 Å². The fourth-order valence-electron chi connectivity index (χ4n) is 3.05. The van der Waals surface area contributed by atoms with Gasteiger partial charge < -0.3 is 15.7 Å². The average Bonchev–Trinajstić information content (AvgIpc) is 3.13. The number of benzene rings is 1. The van der Waals surface area contributed by atoms with E-state index in [1.807, 2.05) is 0 Å². The molecule has 1 aliphatic rings. The van der Waals surface area contributed by atoms with E-state index in [4.69, 9.17) is 5.11 Å². The molecule has 3 rings (SSSR count). The summed E-state index contributed by atoms with van der Waals surface area (Å²) in [6, 6.07) is 9.85. The normalized spacial score (nSPS) is 14.6. The second-order valence-corrected chi connectivity index (χ2v) is 7.41. The second kappa shape index (κ2) is 8.14. The second-order valence-electron chi connectivity index (χ2n) is 6.33. The fraction of sp³-hybridized carbons (Fsp3) is 0.316. The lowest BCUT2D eigenvalue weighted by Crippen LogP contribution is -2.24. The van der Waals surface area contributed by atoms with Crippen LogP contribution in [0.3, 0.4) is 0 Å². The maximum atomic E-state index is 12.3. The van der Waals surface area contributed by atoms with Crippen molar-refractivity contribution in [2.45, 2.75) is 32.1 Å². The van der Waals surface area contributed by atoms with E-state index in [1.54, 1.807) is 24.3 Å². The van der Waals surface area contributed by atoms with Crippen molar-refractivity contribution in [1.82, 2.24) is 0 Å². The maximum Gasteiger partial charge on any atom is 0.345 e. The van der Waals surface area contributed by atoms with E-state index in [0.29, 0.717) is 16.3 Å². The van der Waals surface area contributed by atoms with Gasteiger partial charge in [-0.2, -0.15) is 0 Å². The van der Waals surface area contributed by atoms with Crippen LogP contribution in [-0.4, -0.2) is 22.9 Å². The lowest BCUT2D eigenvalue weighted by Gasteiger charge is -2.20. The molecule has 1 fully saturated rings. The number of aromatic carboxylic acids is 1. The van der Waals surface area contributed by atoms with Crippen molar-refractivity contribution in [3.8, 4) is 0 Å². The van der Waals surface area contributed by atoms with Crippen LogP contribution >= 0.6 is 11.3 Å². The van der Waals surface area contributed by atoms with Crippen LogP contribution in [0.15, 0.2) is 36.4 Å². The predicted octanol–water partition coefficient (Wildman–Crippen LogP) is 4.22. The molecule has 2 amide bonds. The topological polar surface area (TPSA) is 95.5 Å². The zero-order valence-corrected chi connectivity index (χ0v) is 15.0. The van der Waals surface area contributed by atoms with Gasteiger partial charge in [-0.05, 0) is 43.2 Å². The van der Waals surface area contributed by atoms with Gasteiger partial charge in [-0.25, -0.2) is 4.79 Å². The SMILES string of the molecule is O=C(O)c1ccc(C(=O)Nc2cccc(NC(=O)C3CCCCC3)c2)s1. The van der Waals surface area contributed by atoms with Gasteiger partial charge in [0.1, 0.15) is 4.88 Å². The molecule has 1 heterocycles. The van der Waals surface area contributed by atoms with E-state index in [0.717, 1.165) is 37.0 Å². The molecule has 136 valence electrons. The van der Waals surface area contributed by atoms with Crippen LogP contribution in [0.2, 0.25) is 0 Å². The molecule has 1 aromatic heterocycles. The van der Waals surface area contributed by atoms with Crippen molar-refractivity contribution in [2.24, 2.45) is 5.92 Å². The highest BCUT2D eigenvalue weighted by atomic mass is 32.1. The molecule has 1 aliphatic carbocycles. The molecular weight excluding hydrogens is 352 g/mol. The zero-order valence-electron chi connectivity index (χ0n) is 14.2. The van der Waals surface area contributed by atoms with Gasteiger partial charge in [0.15, 0.2) is 0 Å². The molecular formula is C19H20N2O4S. The molecule has 0 spiro atoms. The number of nitrogens with one attached hydrogen (secondary N) is 2. The van der Waals surface area contributed by atoms with Crippen LogP contribution in [0.5, 0.6) is 0 Å². The van der Waals surface area contributed by atoms with Crippen molar-refractivity contribution >= 4 is 40.5 Å². The Morgan fingerprint density at radius 2 is 1.58 bits per heavy atom. The number of hydrogen-bond donors (Lipinski definition) is 3. The van der Waals surface area contributed by atoms with Crippen LogP contribution in [-0.2, 0) is 4.79 Å². The number of rotatable bonds is 5. The lowest BCUT2D eigenvalue weighted by atomic mass is 9.88. The standard InChI is InChI=1S/C19H20N2O4S/c22-17(12-5-2-1-3-6-12)20-13-7-4-8-14(11-13)21-18(23)15-9-10-16(26-15)19(24)25/h4,7-12H,1-3,5-6H2,(H,20,22)(H,21,23)(H,24,25).